The van der Waals surface area contributed by atoms with Gasteiger partial charge in [0.15, 0.2) is 17.3 Å². The van der Waals surface area contributed by atoms with Crippen LogP contribution in [0.1, 0.15) is 26.3 Å². The van der Waals surface area contributed by atoms with Gasteiger partial charge in [0, 0.05) is 22.8 Å². The maximum atomic E-state index is 12.8. The third-order valence-electron chi connectivity index (χ3n) is 3.96. The molecule has 0 amide bonds. The minimum Gasteiger partial charge on any atom is -0.503 e. The Balaban J connectivity index is 2.40. The molecule has 0 aliphatic heterocycles. The van der Waals surface area contributed by atoms with Crippen LogP contribution in [0.15, 0.2) is 45.0 Å². The molecule has 3 rings (SSSR count). The summed E-state index contributed by atoms with van der Waals surface area (Å²) in [6.07, 6.45) is 2.97. The lowest BCUT2D eigenvalue weighted by Gasteiger charge is -2.19. The zero-order chi connectivity index (χ0) is 18.3. The fraction of sp³-hybridized carbons (Fsp3) is 0.0526. The molecule has 0 saturated heterocycles. The van der Waals surface area contributed by atoms with Crippen molar-refractivity contribution in [2.45, 2.75) is 0 Å². The lowest BCUT2D eigenvalue weighted by atomic mass is 9.84. The molecule has 4 nitrogen and oxygen atoms in total. The number of methoxy groups -OCH3 is 1. The van der Waals surface area contributed by atoms with E-state index in [1.165, 1.54) is 13.2 Å². The number of halogens is 2. The fourth-order valence-corrected chi connectivity index (χ4v) is 3.79. The van der Waals surface area contributed by atoms with Crippen LogP contribution in [-0.2, 0) is 0 Å². The van der Waals surface area contributed by atoms with Gasteiger partial charge in [0.25, 0.3) is 0 Å². The largest absolute Gasteiger partial charge is 0.503 e. The van der Waals surface area contributed by atoms with Gasteiger partial charge in [-0.25, -0.2) is 0 Å². The van der Waals surface area contributed by atoms with Gasteiger partial charge in [-0.3, -0.25) is 9.59 Å². The monoisotopic (exact) mass is 510 g/mol. The molecule has 25 heavy (non-hydrogen) atoms. The van der Waals surface area contributed by atoms with Crippen LogP contribution in [0, 0.1) is 0 Å². The average molecular weight is 511 g/mol. The molecule has 0 fully saturated rings. The van der Waals surface area contributed by atoms with Crippen molar-refractivity contribution in [3.05, 3.63) is 61.7 Å². The number of phenolic OH excluding ortho intramolecular Hbond substituents is 1. The van der Waals surface area contributed by atoms with E-state index < -0.39 is 0 Å². The summed E-state index contributed by atoms with van der Waals surface area (Å²) in [6, 6.07) is 6.71. The highest BCUT2D eigenvalue weighted by atomic mass is 127. The van der Waals surface area contributed by atoms with E-state index in [4.69, 9.17) is 4.74 Å². The topological polar surface area (TPSA) is 63.6 Å². The standard InChI is InChI=1S/C19H12BrIO4/c1-3-9-4-5-11-14(22)8-13(21)19(24)17(11)16(9)10-6-12(20)18(23)15(7-10)25-2/h3-8,23H,1H2,2H3. The van der Waals surface area contributed by atoms with Gasteiger partial charge in [-0.2, -0.15) is 0 Å². The highest BCUT2D eigenvalue weighted by molar-refractivity contribution is 14.1. The number of hydrogen-bond donors (Lipinski definition) is 1. The van der Waals surface area contributed by atoms with Crippen molar-refractivity contribution >= 4 is 56.2 Å². The Hall–Kier alpha value is -1.93. The number of aromatic hydroxyl groups is 1. The quantitative estimate of drug-likeness (QED) is 0.578. The van der Waals surface area contributed by atoms with E-state index >= 15 is 0 Å². The first-order chi connectivity index (χ1) is 11.9. The van der Waals surface area contributed by atoms with Crippen molar-refractivity contribution < 1.29 is 19.4 Å². The molecule has 6 heteroatoms. The summed E-state index contributed by atoms with van der Waals surface area (Å²) in [6.45, 7) is 3.81. The van der Waals surface area contributed by atoms with Crippen LogP contribution in [0.5, 0.6) is 11.5 Å². The first kappa shape index (κ1) is 17.9. The van der Waals surface area contributed by atoms with E-state index in [1.807, 2.05) is 22.6 Å². The molecule has 0 spiro atoms. The van der Waals surface area contributed by atoms with Crippen molar-refractivity contribution in [1.82, 2.24) is 0 Å². The van der Waals surface area contributed by atoms with E-state index in [0.29, 0.717) is 35.9 Å². The summed E-state index contributed by atoms with van der Waals surface area (Å²) in [7, 11) is 1.44. The first-order valence-electron chi connectivity index (χ1n) is 7.21. The maximum absolute atomic E-state index is 12.8. The molecule has 0 bridgehead atoms. The number of benzene rings is 2. The molecular weight excluding hydrogens is 499 g/mol. The molecular formula is C19H12BrIO4. The molecule has 0 unspecified atom stereocenters. The van der Waals surface area contributed by atoms with Crippen LogP contribution in [-0.4, -0.2) is 23.8 Å². The Morgan fingerprint density at radius 1 is 1.24 bits per heavy atom. The number of carbonyl (C=O) groups excluding carboxylic acids is 2. The Labute approximate surface area is 166 Å². The lowest BCUT2D eigenvalue weighted by molar-refractivity contribution is 0.0993. The Morgan fingerprint density at radius 3 is 2.60 bits per heavy atom. The van der Waals surface area contributed by atoms with Crippen LogP contribution in [0.4, 0.5) is 0 Å². The molecule has 1 aliphatic carbocycles. The van der Waals surface area contributed by atoms with E-state index in [1.54, 1.807) is 30.3 Å². The number of allylic oxidation sites excluding steroid dienone is 2. The van der Waals surface area contributed by atoms with Gasteiger partial charge in [-0.1, -0.05) is 18.7 Å². The van der Waals surface area contributed by atoms with Crippen molar-refractivity contribution in [2.75, 3.05) is 7.11 Å². The van der Waals surface area contributed by atoms with Crippen LogP contribution in [0.3, 0.4) is 0 Å². The fourth-order valence-electron chi connectivity index (χ4n) is 2.79. The number of carbonyl (C=O) groups is 2. The van der Waals surface area contributed by atoms with Gasteiger partial charge in [-0.05, 0) is 67.8 Å². The normalized spacial score (nSPS) is 13.3. The second-order valence-corrected chi connectivity index (χ2v) is 7.37. The SMILES string of the molecule is C=Cc1ccc2c(c1-c1cc(Br)c(O)c(OC)c1)C(=O)C(I)=CC2=O. The zero-order valence-corrected chi connectivity index (χ0v) is 16.8. The van der Waals surface area contributed by atoms with E-state index in [9.17, 15) is 14.7 Å². The lowest BCUT2D eigenvalue weighted by Crippen LogP contribution is -2.16. The zero-order valence-electron chi connectivity index (χ0n) is 13.1. The van der Waals surface area contributed by atoms with Gasteiger partial charge in [0.05, 0.1) is 15.2 Å². The molecule has 2 aromatic carbocycles. The molecule has 0 heterocycles. The summed E-state index contributed by atoms with van der Waals surface area (Å²) in [5.41, 5.74) is 2.64. The Bertz CT molecular complexity index is 976. The molecule has 0 atom stereocenters. The number of rotatable bonds is 3. The maximum Gasteiger partial charge on any atom is 0.200 e. The molecule has 126 valence electrons. The van der Waals surface area contributed by atoms with E-state index in [0.717, 1.165) is 0 Å². The van der Waals surface area contributed by atoms with Crippen LogP contribution >= 0.6 is 38.5 Å². The Morgan fingerprint density at radius 2 is 1.96 bits per heavy atom. The van der Waals surface area contributed by atoms with Crippen molar-refractivity contribution in [3.8, 4) is 22.6 Å². The van der Waals surface area contributed by atoms with Crippen molar-refractivity contribution in [1.29, 1.82) is 0 Å². The van der Waals surface area contributed by atoms with E-state index in [-0.39, 0.29) is 23.1 Å². The second kappa shape index (κ2) is 6.76. The predicted octanol–water partition coefficient (Wildman–Crippen LogP) is 5.17. The summed E-state index contributed by atoms with van der Waals surface area (Å²) < 4.78 is 5.99. The van der Waals surface area contributed by atoms with Gasteiger partial charge in [0.2, 0.25) is 5.78 Å². The summed E-state index contributed by atoms with van der Waals surface area (Å²) in [5.74, 6) is -0.192. The second-order valence-electron chi connectivity index (χ2n) is 5.35. The van der Waals surface area contributed by atoms with Crippen molar-refractivity contribution in [3.63, 3.8) is 0 Å². The minimum atomic E-state index is -0.211. The average Bonchev–Trinajstić information content (AvgIpc) is 2.60. The number of phenols is 1. The van der Waals surface area contributed by atoms with Crippen molar-refractivity contribution in [2.24, 2.45) is 0 Å². The van der Waals surface area contributed by atoms with Gasteiger partial charge in [-0.15, -0.1) is 0 Å². The molecule has 0 aromatic heterocycles. The van der Waals surface area contributed by atoms with Crippen LogP contribution in [0.2, 0.25) is 0 Å². The first-order valence-corrected chi connectivity index (χ1v) is 9.08. The molecule has 1 aliphatic rings. The van der Waals surface area contributed by atoms with Crippen LogP contribution in [0.25, 0.3) is 17.2 Å². The molecule has 1 N–H and O–H groups in total. The Kier molecular flexibility index (Phi) is 4.83. The highest BCUT2D eigenvalue weighted by Crippen LogP contribution is 2.42. The molecule has 2 aromatic rings. The van der Waals surface area contributed by atoms with Gasteiger partial charge >= 0.3 is 0 Å². The highest BCUT2D eigenvalue weighted by Gasteiger charge is 2.29. The number of Topliss-reactive ketones (excluding diaryl/α,β-unsaturated/α-hetero) is 1. The van der Waals surface area contributed by atoms with Gasteiger partial charge in [0.1, 0.15) is 0 Å². The third kappa shape index (κ3) is 2.93. The molecule has 0 radical (unpaired) electrons. The summed E-state index contributed by atoms with van der Waals surface area (Å²) in [5, 5.41) is 10.0. The summed E-state index contributed by atoms with van der Waals surface area (Å²) >= 11 is 5.17. The predicted molar refractivity (Wildman–Crippen MR) is 109 cm³/mol. The van der Waals surface area contributed by atoms with Gasteiger partial charge < -0.3 is 9.84 Å². The summed E-state index contributed by atoms with van der Waals surface area (Å²) in [4.78, 5) is 25.1. The third-order valence-corrected chi connectivity index (χ3v) is 5.37. The molecule has 0 saturated carbocycles. The number of hydrogen-bond acceptors (Lipinski definition) is 4. The van der Waals surface area contributed by atoms with Crippen LogP contribution < -0.4 is 4.74 Å². The minimum absolute atomic E-state index is 0.0342. The number of ketones is 2. The number of ether oxygens (including phenoxy) is 1. The van der Waals surface area contributed by atoms with E-state index in [2.05, 4.69) is 22.5 Å². The number of fused-ring (bicyclic) bond motifs is 1. The smallest absolute Gasteiger partial charge is 0.200 e.